The number of nitrogens with zero attached hydrogens (tertiary/aromatic N) is 1. The molecule has 11 heteroatoms. The normalized spacial score (nSPS) is 35.5. The fraction of sp³-hybridized carbons (Fsp3) is 0.649. The van der Waals surface area contributed by atoms with Gasteiger partial charge in [-0.05, 0) is 116 Å². The number of carbonyl (C=O) groups is 1. The Morgan fingerprint density at radius 3 is 2.31 bits per heavy atom. The molecule has 0 unspecified atom stereocenters. The van der Waals surface area contributed by atoms with Gasteiger partial charge in [-0.2, -0.15) is 26.3 Å². The number of fused-ring (bicyclic) bond motifs is 1. The lowest BCUT2D eigenvalue weighted by atomic mass is 9.60. The zero-order chi connectivity index (χ0) is 35.4. The molecule has 1 saturated heterocycles. The van der Waals surface area contributed by atoms with Crippen LogP contribution in [0.5, 0.6) is 0 Å². The summed E-state index contributed by atoms with van der Waals surface area (Å²) in [6.45, 7) is 9.79. The molecular weight excluding hydrogens is 636 g/mol. The van der Waals surface area contributed by atoms with Crippen LogP contribution in [0.15, 0.2) is 53.6 Å². The topological polar surface area (TPSA) is 81.0 Å². The van der Waals surface area contributed by atoms with Gasteiger partial charge in [0.15, 0.2) is 0 Å². The molecule has 1 aliphatic heterocycles. The fourth-order valence-corrected chi connectivity index (χ4v) is 9.31. The minimum Gasteiger partial charge on any atom is -0.393 e. The van der Waals surface area contributed by atoms with Crippen molar-refractivity contribution >= 4 is 5.91 Å². The second-order valence-corrected chi connectivity index (χ2v) is 15.2. The van der Waals surface area contributed by atoms with E-state index >= 15 is 0 Å². The van der Waals surface area contributed by atoms with Crippen LogP contribution in [0.3, 0.4) is 0 Å². The van der Waals surface area contributed by atoms with Gasteiger partial charge in [-0.3, -0.25) is 4.79 Å². The summed E-state index contributed by atoms with van der Waals surface area (Å²) >= 11 is 0. The summed E-state index contributed by atoms with van der Waals surface area (Å²) in [5, 5.41) is 31.4. The Morgan fingerprint density at radius 2 is 1.69 bits per heavy atom. The summed E-state index contributed by atoms with van der Waals surface area (Å²) in [6, 6.07) is 1.09. The number of aliphatic hydroxyl groups excluding tert-OH is 2. The zero-order valence-corrected chi connectivity index (χ0v) is 27.8. The maximum absolute atomic E-state index is 13.4. The molecule has 5 nitrogen and oxygen atoms in total. The van der Waals surface area contributed by atoms with Crippen LogP contribution in [0.1, 0.15) is 95.2 Å². The molecule has 266 valence electrons. The SMILES string of the molecule is C=C1/C(=C\C=C2/CCC[C@]3(C)[C@@H]([C@H](C)C[C@@H]4C[C@](C)(O)C(=O)N4CCc4cc(C(F)(F)F)cc(C(F)(F)F)c4)CC[C@@H]23)C[C@@H](O)C[C@@H]1O. The fourth-order valence-electron chi connectivity index (χ4n) is 9.31. The van der Waals surface area contributed by atoms with E-state index in [0.29, 0.717) is 42.4 Å². The Bertz CT molecular complexity index is 1430. The molecular formula is C37H47F6NO4. The highest BCUT2D eigenvalue weighted by molar-refractivity contribution is 5.87. The smallest absolute Gasteiger partial charge is 0.393 e. The molecule has 0 spiro atoms. The minimum absolute atomic E-state index is 0.00734. The van der Waals surface area contributed by atoms with Crippen LogP contribution in [0.25, 0.3) is 0 Å². The predicted molar refractivity (Wildman–Crippen MR) is 169 cm³/mol. The van der Waals surface area contributed by atoms with E-state index in [1.807, 2.05) is 6.08 Å². The van der Waals surface area contributed by atoms with Crippen molar-refractivity contribution in [2.45, 2.75) is 121 Å². The highest BCUT2D eigenvalue weighted by Crippen LogP contribution is 2.60. The molecule has 5 rings (SSSR count). The van der Waals surface area contributed by atoms with Crippen LogP contribution in [-0.4, -0.2) is 56.5 Å². The third kappa shape index (κ3) is 7.43. The number of hydrogen-bond acceptors (Lipinski definition) is 4. The number of rotatable bonds is 7. The van der Waals surface area contributed by atoms with Crippen molar-refractivity contribution in [1.82, 2.24) is 4.90 Å². The van der Waals surface area contributed by atoms with Gasteiger partial charge in [0.1, 0.15) is 5.60 Å². The van der Waals surface area contributed by atoms with Crippen molar-refractivity contribution < 1.29 is 46.5 Å². The minimum atomic E-state index is -4.96. The average Bonchev–Trinajstić information content (AvgIpc) is 3.44. The summed E-state index contributed by atoms with van der Waals surface area (Å²) in [5.41, 5.74) is -1.78. The standard InChI is InChI=1S/C37H47F6NO4/c1-21(30-9-10-31-24(6-5-12-34(30,31)3)7-8-25-17-29(45)19-32(46)22(25)2)14-28-20-35(4,48)33(47)44(28)13-11-23-15-26(36(38,39)40)18-27(16-23)37(41,42)43/h7-8,15-16,18,21,28-32,45-46,48H,2,5-6,9-14,17,19-20H2,1,3-4H3/b24-7+,25-8-/t21-,28-,29-,30-,31+,32+,34-,35+/m1/s1. The number of likely N-dealkylation sites (tertiary alicyclic amines) is 1. The van der Waals surface area contributed by atoms with Crippen LogP contribution in [0, 0.1) is 23.2 Å². The van der Waals surface area contributed by atoms with E-state index in [1.165, 1.54) is 17.4 Å². The monoisotopic (exact) mass is 683 g/mol. The van der Waals surface area contributed by atoms with Crippen LogP contribution < -0.4 is 0 Å². The van der Waals surface area contributed by atoms with Crippen molar-refractivity contribution in [1.29, 1.82) is 0 Å². The number of amides is 1. The highest BCUT2D eigenvalue weighted by Gasteiger charge is 2.53. The van der Waals surface area contributed by atoms with Gasteiger partial charge in [-0.25, -0.2) is 0 Å². The lowest BCUT2D eigenvalue weighted by molar-refractivity contribution is -0.144. The molecule has 1 heterocycles. The number of allylic oxidation sites excluding steroid dienone is 3. The molecule has 1 aromatic rings. The van der Waals surface area contributed by atoms with Gasteiger partial charge in [0.25, 0.3) is 5.91 Å². The number of alkyl halides is 6. The Labute approximate surface area is 278 Å². The molecule has 3 N–H and O–H groups in total. The molecule has 0 bridgehead atoms. The van der Waals surface area contributed by atoms with Crippen molar-refractivity contribution in [3.8, 4) is 0 Å². The Kier molecular flexibility index (Phi) is 10.1. The van der Waals surface area contributed by atoms with Gasteiger partial charge < -0.3 is 20.2 Å². The molecule has 3 aliphatic carbocycles. The van der Waals surface area contributed by atoms with E-state index in [4.69, 9.17) is 0 Å². The second-order valence-electron chi connectivity index (χ2n) is 15.2. The quantitative estimate of drug-likeness (QED) is 0.257. The van der Waals surface area contributed by atoms with Crippen molar-refractivity contribution in [3.63, 3.8) is 0 Å². The second kappa shape index (κ2) is 13.2. The number of benzene rings is 1. The summed E-state index contributed by atoms with van der Waals surface area (Å²) in [4.78, 5) is 14.7. The first kappa shape index (κ1) is 36.6. The van der Waals surface area contributed by atoms with Gasteiger partial charge in [0.05, 0.1) is 23.3 Å². The van der Waals surface area contributed by atoms with Gasteiger partial charge in [-0.1, -0.05) is 38.2 Å². The van der Waals surface area contributed by atoms with Crippen LogP contribution in [-0.2, 0) is 23.6 Å². The van der Waals surface area contributed by atoms with Gasteiger partial charge in [-0.15, -0.1) is 0 Å². The first-order valence-corrected chi connectivity index (χ1v) is 17.0. The predicted octanol–water partition coefficient (Wildman–Crippen LogP) is 7.79. The maximum atomic E-state index is 13.4. The van der Waals surface area contributed by atoms with Crippen molar-refractivity contribution in [2.75, 3.05) is 6.54 Å². The third-order valence-corrected chi connectivity index (χ3v) is 11.7. The Morgan fingerprint density at radius 1 is 1.04 bits per heavy atom. The summed E-state index contributed by atoms with van der Waals surface area (Å²) in [7, 11) is 0. The lowest BCUT2D eigenvalue weighted by Crippen LogP contribution is -2.41. The number of carbonyl (C=O) groups excluding carboxylic acids is 1. The number of hydrogen-bond donors (Lipinski definition) is 3. The molecule has 0 aromatic heterocycles. The zero-order valence-electron chi connectivity index (χ0n) is 27.8. The van der Waals surface area contributed by atoms with Crippen LogP contribution >= 0.6 is 0 Å². The third-order valence-electron chi connectivity index (χ3n) is 11.7. The molecule has 48 heavy (non-hydrogen) atoms. The van der Waals surface area contributed by atoms with E-state index in [9.17, 15) is 46.5 Å². The Balaban J connectivity index is 1.31. The Hall–Kier alpha value is -2.63. The lowest BCUT2D eigenvalue weighted by Gasteiger charge is -2.45. The number of halogens is 6. The largest absolute Gasteiger partial charge is 0.416 e. The van der Waals surface area contributed by atoms with E-state index < -0.39 is 53.2 Å². The van der Waals surface area contributed by atoms with Crippen molar-refractivity contribution in [2.24, 2.45) is 23.2 Å². The molecule has 0 radical (unpaired) electrons. The van der Waals surface area contributed by atoms with E-state index in [0.717, 1.165) is 37.7 Å². The van der Waals surface area contributed by atoms with Crippen molar-refractivity contribution in [3.05, 3.63) is 70.3 Å². The highest BCUT2D eigenvalue weighted by atomic mass is 19.4. The van der Waals surface area contributed by atoms with Gasteiger partial charge >= 0.3 is 12.4 Å². The first-order chi connectivity index (χ1) is 22.2. The summed E-state index contributed by atoms with van der Waals surface area (Å²) in [6.07, 6.45) is -0.932. The molecule has 1 amide bonds. The summed E-state index contributed by atoms with van der Waals surface area (Å²) in [5.74, 6) is 0.234. The van der Waals surface area contributed by atoms with Gasteiger partial charge in [0, 0.05) is 25.4 Å². The van der Waals surface area contributed by atoms with E-state index in [2.05, 4.69) is 26.5 Å². The summed E-state index contributed by atoms with van der Waals surface area (Å²) < 4.78 is 80.7. The number of aliphatic hydroxyl groups is 3. The molecule has 8 atom stereocenters. The van der Waals surface area contributed by atoms with Crippen LogP contribution in [0.2, 0.25) is 0 Å². The first-order valence-electron chi connectivity index (χ1n) is 17.0. The molecule has 1 aromatic carbocycles. The molecule has 3 saturated carbocycles. The van der Waals surface area contributed by atoms with Gasteiger partial charge in [0.2, 0.25) is 0 Å². The average molecular weight is 684 g/mol. The molecule has 4 aliphatic rings. The van der Waals surface area contributed by atoms with Crippen LogP contribution in [0.4, 0.5) is 26.3 Å². The maximum Gasteiger partial charge on any atom is 0.416 e. The molecule has 4 fully saturated rings. The van der Waals surface area contributed by atoms with E-state index in [-0.39, 0.29) is 48.8 Å². The van der Waals surface area contributed by atoms with E-state index in [1.54, 1.807) is 0 Å².